The van der Waals surface area contributed by atoms with Gasteiger partial charge in [0.05, 0.1) is 32.4 Å². The van der Waals surface area contributed by atoms with Crippen molar-refractivity contribution in [3.8, 4) is 0 Å². The molecule has 172 valence electrons. The molecular formula is C27H29NO5. The zero-order valence-electron chi connectivity index (χ0n) is 18.5. The third-order valence-electron chi connectivity index (χ3n) is 5.74. The SMILES string of the molecule is O=C(OCc1ccccc1)N1C[C@@H](OCc2ccccc2)[C@H](OCc2ccccc2)[C@H]1CO. The molecule has 0 aliphatic carbocycles. The molecular weight excluding hydrogens is 418 g/mol. The normalized spacial score (nSPS) is 20.0. The van der Waals surface area contributed by atoms with E-state index in [0.717, 1.165) is 16.7 Å². The van der Waals surface area contributed by atoms with E-state index in [2.05, 4.69) is 0 Å². The number of ether oxygens (including phenoxy) is 3. The average molecular weight is 448 g/mol. The van der Waals surface area contributed by atoms with Crippen molar-refractivity contribution in [1.82, 2.24) is 4.90 Å². The van der Waals surface area contributed by atoms with E-state index < -0.39 is 24.3 Å². The van der Waals surface area contributed by atoms with E-state index in [4.69, 9.17) is 14.2 Å². The lowest BCUT2D eigenvalue weighted by Crippen LogP contribution is -2.43. The van der Waals surface area contributed by atoms with Crippen molar-refractivity contribution in [2.24, 2.45) is 0 Å². The number of benzene rings is 3. The van der Waals surface area contributed by atoms with Crippen LogP contribution in [0.5, 0.6) is 0 Å². The van der Waals surface area contributed by atoms with Crippen molar-refractivity contribution in [3.63, 3.8) is 0 Å². The van der Waals surface area contributed by atoms with Crippen LogP contribution in [0.15, 0.2) is 91.0 Å². The highest BCUT2D eigenvalue weighted by molar-refractivity contribution is 5.69. The van der Waals surface area contributed by atoms with Crippen LogP contribution in [0.4, 0.5) is 4.79 Å². The van der Waals surface area contributed by atoms with Gasteiger partial charge in [-0.15, -0.1) is 0 Å². The molecule has 4 rings (SSSR count). The smallest absolute Gasteiger partial charge is 0.410 e. The van der Waals surface area contributed by atoms with Gasteiger partial charge >= 0.3 is 6.09 Å². The Morgan fingerprint density at radius 3 is 1.76 bits per heavy atom. The number of amides is 1. The van der Waals surface area contributed by atoms with E-state index in [1.165, 1.54) is 4.90 Å². The first-order valence-electron chi connectivity index (χ1n) is 11.1. The summed E-state index contributed by atoms with van der Waals surface area (Å²) in [5.74, 6) is 0. The zero-order chi connectivity index (χ0) is 22.9. The Balaban J connectivity index is 1.45. The van der Waals surface area contributed by atoms with Gasteiger partial charge in [0, 0.05) is 0 Å². The lowest BCUT2D eigenvalue weighted by atomic mass is 10.1. The molecule has 33 heavy (non-hydrogen) atoms. The quantitative estimate of drug-likeness (QED) is 0.533. The van der Waals surface area contributed by atoms with Crippen molar-refractivity contribution >= 4 is 6.09 Å². The molecule has 0 radical (unpaired) electrons. The molecule has 0 aromatic heterocycles. The Labute approximate surface area is 194 Å². The third kappa shape index (κ3) is 6.20. The number of hydrogen-bond donors (Lipinski definition) is 1. The van der Waals surface area contributed by atoms with Crippen LogP contribution in [0.3, 0.4) is 0 Å². The Morgan fingerprint density at radius 2 is 1.24 bits per heavy atom. The Hall–Kier alpha value is -3.19. The monoisotopic (exact) mass is 447 g/mol. The molecule has 3 aromatic carbocycles. The zero-order valence-corrected chi connectivity index (χ0v) is 18.5. The minimum Gasteiger partial charge on any atom is -0.445 e. The molecule has 6 nitrogen and oxygen atoms in total. The molecule has 1 amide bonds. The van der Waals surface area contributed by atoms with Gasteiger partial charge in [-0.1, -0.05) is 91.0 Å². The number of rotatable bonds is 9. The van der Waals surface area contributed by atoms with Gasteiger partial charge in [-0.25, -0.2) is 4.79 Å². The predicted octanol–water partition coefficient (Wildman–Crippen LogP) is 4.17. The molecule has 1 fully saturated rings. The van der Waals surface area contributed by atoms with Crippen LogP contribution in [0, 0.1) is 0 Å². The largest absolute Gasteiger partial charge is 0.445 e. The highest BCUT2D eigenvalue weighted by Gasteiger charge is 2.46. The maximum Gasteiger partial charge on any atom is 0.410 e. The number of aliphatic hydroxyl groups excluding tert-OH is 1. The van der Waals surface area contributed by atoms with Gasteiger partial charge in [-0.2, -0.15) is 0 Å². The topological polar surface area (TPSA) is 68.2 Å². The second kappa shape index (κ2) is 11.6. The van der Waals surface area contributed by atoms with Crippen LogP contribution in [-0.4, -0.2) is 47.5 Å². The summed E-state index contributed by atoms with van der Waals surface area (Å²) in [6, 6.07) is 28.6. The molecule has 1 heterocycles. The minimum atomic E-state index is -0.558. The molecule has 1 aliphatic rings. The van der Waals surface area contributed by atoms with Crippen molar-refractivity contribution in [2.75, 3.05) is 13.2 Å². The Morgan fingerprint density at radius 1 is 0.758 bits per heavy atom. The lowest BCUT2D eigenvalue weighted by Gasteiger charge is -2.26. The number of nitrogens with zero attached hydrogens (tertiary/aromatic N) is 1. The number of carbonyl (C=O) groups excluding carboxylic acids is 1. The van der Waals surface area contributed by atoms with Crippen LogP contribution >= 0.6 is 0 Å². The highest BCUT2D eigenvalue weighted by atomic mass is 16.6. The molecule has 1 N–H and O–H groups in total. The van der Waals surface area contributed by atoms with Crippen molar-refractivity contribution < 1.29 is 24.1 Å². The molecule has 1 aliphatic heterocycles. The van der Waals surface area contributed by atoms with Crippen LogP contribution < -0.4 is 0 Å². The Bertz CT molecular complexity index is 983. The van der Waals surface area contributed by atoms with Gasteiger partial charge in [-0.05, 0) is 16.7 Å². The highest BCUT2D eigenvalue weighted by Crippen LogP contribution is 2.27. The fraction of sp³-hybridized carbons (Fsp3) is 0.296. The molecule has 0 spiro atoms. The second-order valence-corrected chi connectivity index (χ2v) is 8.04. The lowest BCUT2D eigenvalue weighted by molar-refractivity contribution is -0.0760. The van der Waals surface area contributed by atoms with Crippen LogP contribution in [0.2, 0.25) is 0 Å². The summed E-state index contributed by atoms with van der Waals surface area (Å²) in [5, 5.41) is 10.2. The number of hydrogen-bond acceptors (Lipinski definition) is 5. The fourth-order valence-corrected chi connectivity index (χ4v) is 3.98. The second-order valence-electron chi connectivity index (χ2n) is 8.04. The first kappa shape index (κ1) is 23.0. The predicted molar refractivity (Wildman–Crippen MR) is 124 cm³/mol. The summed E-state index contributed by atoms with van der Waals surface area (Å²) < 4.78 is 17.9. The first-order valence-corrected chi connectivity index (χ1v) is 11.1. The molecule has 3 atom stereocenters. The maximum atomic E-state index is 12.9. The average Bonchev–Trinajstić information content (AvgIpc) is 3.24. The van der Waals surface area contributed by atoms with Gasteiger partial charge < -0.3 is 19.3 Å². The molecule has 1 saturated heterocycles. The molecule has 3 aromatic rings. The summed E-state index contributed by atoms with van der Waals surface area (Å²) in [6.45, 7) is 0.956. The van der Waals surface area contributed by atoms with Gasteiger partial charge in [0.2, 0.25) is 0 Å². The van der Waals surface area contributed by atoms with Crippen molar-refractivity contribution in [2.45, 2.75) is 38.1 Å². The summed E-state index contributed by atoms with van der Waals surface area (Å²) in [7, 11) is 0. The van der Waals surface area contributed by atoms with E-state index in [9.17, 15) is 9.90 Å². The third-order valence-corrected chi connectivity index (χ3v) is 5.74. The van der Waals surface area contributed by atoms with Gasteiger partial charge in [-0.3, -0.25) is 4.90 Å². The van der Waals surface area contributed by atoms with E-state index in [1.54, 1.807) is 0 Å². The van der Waals surface area contributed by atoms with Crippen LogP contribution in [0.1, 0.15) is 16.7 Å². The van der Waals surface area contributed by atoms with Gasteiger partial charge in [0.1, 0.15) is 18.8 Å². The summed E-state index contributed by atoms with van der Waals surface area (Å²) in [6.07, 6.45) is -1.37. The van der Waals surface area contributed by atoms with Gasteiger partial charge in [0.25, 0.3) is 0 Å². The van der Waals surface area contributed by atoms with Crippen molar-refractivity contribution in [3.05, 3.63) is 108 Å². The minimum absolute atomic E-state index is 0.166. The van der Waals surface area contributed by atoms with Gasteiger partial charge in [0.15, 0.2) is 0 Å². The van der Waals surface area contributed by atoms with E-state index in [-0.39, 0.29) is 19.8 Å². The molecule has 0 bridgehead atoms. The first-order chi connectivity index (χ1) is 16.2. The summed E-state index contributed by atoms with van der Waals surface area (Å²) >= 11 is 0. The van der Waals surface area contributed by atoms with E-state index in [1.807, 2.05) is 91.0 Å². The van der Waals surface area contributed by atoms with Crippen LogP contribution in [0.25, 0.3) is 0 Å². The van der Waals surface area contributed by atoms with E-state index >= 15 is 0 Å². The molecule has 6 heteroatoms. The number of aliphatic hydroxyl groups is 1. The Kier molecular flexibility index (Phi) is 8.09. The maximum absolute atomic E-state index is 12.9. The fourth-order valence-electron chi connectivity index (χ4n) is 3.98. The van der Waals surface area contributed by atoms with Crippen LogP contribution in [-0.2, 0) is 34.0 Å². The number of carbonyl (C=O) groups is 1. The summed E-state index contributed by atoms with van der Waals surface area (Å²) in [4.78, 5) is 14.4. The molecule has 0 saturated carbocycles. The molecule has 0 unspecified atom stereocenters. The standard InChI is InChI=1S/C27H29NO5/c29-17-24-26(32-19-22-12-6-2-7-13-22)25(31-18-21-10-4-1-5-11-21)16-28(24)27(30)33-20-23-14-8-3-9-15-23/h1-15,24-26,29H,16-20H2/t24-,25-,26-/m1/s1. The van der Waals surface area contributed by atoms with E-state index in [0.29, 0.717) is 13.2 Å². The summed E-state index contributed by atoms with van der Waals surface area (Å²) in [5.41, 5.74) is 2.95. The number of likely N-dealkylation sites (tertiary alicyclic amines) is 1. The van der Waals surface area contributed by atoms with Crippen molar-refractivity contribution in [1.29, 1.82) is 0 Å².